The molecule has 2 rings (SSSR count). The lowest BCUT2D eigenvalue weighted by Gasteiger charge is -2.24. The SMILES string of the molecule is NC(Cc1ccc(F)c(F)c1)CC1CCSCC1. The average Bonchev–Trinajstić information content (AvgIpc) is 2.35. The number of rotatable bonds is 4. The van der Waals surface area contributed by atoms with Gasteiger partial charge in [0, 0.05) is 6.04 Å². The van der Waals surface area contributed by atoms with Crippen molar-refractivity contribution < 1.29 is 8.78 Å². The fraction of sp³-hybridized carbons (Fsp3) is 0.571. The Balaban J connectivity index is 1.85. The van der Waals surface area contributed by atoms with Crippen LogP contribution in [0.2, 0.25) is 0 Å². The Bertz CT molecular complexity index is 391. The maximum atomic E-state index is 13.1. The molecule has 1 heterocycles. The van der Waals surface area contributed by atoms with Crippen LogP contribution in [0.1, 0.15) is 24.8 Å². The summed E-state index contributed by atoms with van der Waals surface area (Å²) in [6.07, 6.45) is 4.08. The van der Waals surface area contributed by atoms with Gasteiger partial charge >= 0.3 is 0 Å². The minimum atomic E-state index is -0.795. The van der Waals surface area contributed by atoms with Crippen molar-refractivity contribution in [2.75, 3.05) is 11.5 Å². The van der Waals surface area contributed by atoms with E-state index in [1.165, 1.54) is 36.5 Å². The van der Waals surface area contributed by atoms with Crippen LogP contribution in [0, 0.1) is 17.6 Å². The van der Waals surface area contributed by atoms with Gasteiger partial charge in [0.25, 0.3) is 0 Å². The number of nitrogens with two attached hydrogens (primary N) is 1. The third kappa shape index (κ3) is 3.95. The summed E-state index contributed by atoms with van der Waals surface area (Å²) in [6, 6.07) is 4.10. The molecule has 1 saturated heterocycles. The Morgan fingerprint density at radius 3 is 2.61 bits per heavy atom. The van der Waals surface area contributed by atoms with E-state index in [1.54, 1.807) is 6.07 Å². The number of halogens is 2. The Hall–Kier alpha value is -0.610. The maximum absolute atomic E-state index is 13.1. The highest BCUT2D eigenvalue weighted by molar-refractivity contribution is 7.99. The van der Waals surface area contributed by atoms with Crippen molar-refractivity contribution in [3.63, 3.8) is 0 Å². The molecule has 1 fully saturated rings. The second-order valence-electron chi connectivity index (χ2n) is 5.00. The molecule has 1 aliphatic heterocycles. The summed E-state index contributed by atoms with van der Waals surface area (Å²) in [5.41, 5.74) is 6.89. The lowest BCUT2D eigenvalue weighted by molar-refractivity contribution is 0.405. The van der Waals surface area contributed by atoms with Crippen molar-refractivity contribution in [2.45, 2.75) is 31.7 Å². The topological polar surface area (TPSA) is 26.0 Å². The van der Waals surface area contributed by atoms with E-state index in [4.69, 9.17) is 5.73 Å². The fourth-order valence-electron chi connectivity index (χ4n) is 2.46. The van der Waals surface area contributed by atoms with Crippen molar-refractivity contribution in [1.29, 1.82) is 0 Å². The van der Waals surface area contributed by atoms with Gasteiger partial charge < -0.3 is 5.73 Å². The smallest absolute Gasteiger partial charge is 0.159 e. The van der Waals surface area contributed by atoms with Crippen LogP contribution < -0.4 is 5.73 Å². The van der Waals surface area contributed by atoms with E-state index in [1.807, 2.05) is 11.8 Å². The standard InChI is InChI=1S/C14H19F2NS/c15-13-2-1-11(9-14(13)16)8-12(17)7-10-3-5-18-6-4-10/h1-2,9-10,12H,3-8,17H2. The normalized spacial score (nSPS) is 18.8. The summed E-state index contributed by atoms with van der Waals surface area (Å²) in [5, 5.41) is 0. The first-order valence-corrected chi connectivity index (χ1v) is 7.58. The van der Waals surface area contributed by atoms with Gasteiger partial charge in [0.1, 0.15) is 0 Å². The zero-order chi connectivity index (χ0) is 13.0. The first-order chi connectivity index (χ1) is 8.65. The van der Waals surface area contributed by atoms with Crippen LogP contribution in [0.5, 0.6) is 0 Å². The van der Waals surface area contributed by atoms with Gasteiger partial charge in [-0.25, -0.2) is 8.78 Å². The van der Waals surface area contributed by atoms with E-state index in [-0.39, 0.29) is 6.04 Å². The number of hydrogen-bond donors (Lipinski definition) is 1. The highest BCUT2D eigenvalue weighted by Gasteiger charge is 2.17. The molecule has 1 aromatic rings. The van der Waals surface area contributed by atoms with Gasteiger partial charge in [0.05, 0.1) is 0 Å². The van der Waals surface area contributed by atoms with Crippen LogP contribution in [-0.2, 0) is 6.42 Å². The molecule has 1 atom stereocenters. The second-order valence-corrected chi connectivity index (χ2v) is 6.23. The van der Waals surface area contributed by atoms with Gasteiger partial charge in [0.15, 0.2) is 11.6 Å². The summed E-state index contributed by atoms with van der Waals surface area (Å²) in [6.45, 7) is 0. The molecule has 1 aliphatic rings. The molecule has 0 aromatic heterocycles. The highest BCUT2D eigenvalue weighted by atomic mass is 32.2. The maximum Gasteiger partial charge on any atom is 0.159 e. The van der Waals surface area contributed by atoms with Gasteiger partial charge in [0.2, 0.25) is 0 Å². The summed E-state index contributed by atoms with van der Waals surface area (Å²) >= 11 is 2.00. The molecule has 18 heavy (non-hydrogen) atoms. The van der Waals surface area contributed by atoms with E-state index in [9.17, 15) is 8.78 Å². The first kappa shape index (κ1) is 13.8. The second kappa shape index (κ2) is 6.53. The Labute approximate surface area is 111 Å². The Kier molecular flexibility index (Phi) is 5.01. The summed E-state index contributed by atoms with van der Waals surface area (Å²) in [5.74, 6) is 1.57. The first-order valence-electron chi connectivity index (χ1n) is 6.42. The lowest BCUT2D eigenvalue weighted by Crippen LogP contribution is -2.27. The predicted octanol–water partition coefficient (Wildman–Crippen LogP) is 3.37. The lowest BCUT2D eigenvalue weighted by atomic mass is 9.91. The largest absolute Gasteiger partial charge is 0.327 e. The van der Waals surface area contributed by atoms with Crippen LogP contribution in [-0.4, -0.2) is 17.5 Å². The Morgan fingerprint density at radius 1 is 1.22 bits per heavy atom. The molecule has 2 N–H and O–H groups in total. The third-order valence-electron chi connectivity index (χ3n) is 3.46. The van der Waals surface area contributed by atoms with Crippen molar-refractivity contribution >= 4 is 11.8 Å². The minimum Gasteiger partial charge on any atom is -0.327 e. The van der Waals surface area contributed by atoms with E-state index < -0.39 is 11.6 Å². The fourth-order valence-corrected chi connectivity index (χ4v) is 3.67. The highest BCUT2D eigenvalue weighted by Crippen LogP contribution is 2.26. The molecule has 4 heteroatoms. The molecule has 0 spiro atoms. The van der Waals surface area contributed by atoms with Gasteiger partial charge in [-0.15, -0.1) is 0 Å². The molecule has 100 valence electrons. The van der Waals surface area contributed by atoms with Crippen LogP contribution in [0.15, 0.2) is 18.2 Å². The molecule has 0 aliphatic carbocycles. The van der Waals surface area contributed by atoms with Gasteiger partial charge in [-0.2, -0.15) is 11.8 Å². The Morgan fingerprint density at radius 2 is 1.94 bits per heavy atom. The molecular formula is C14H19F2NS. The van der Waals surface area contributed by atoms with Crippen molar-refractivity contribution in [3.8, 4) is 0 Å². The molecular weight excluding hydrogens is 252 g/mol. The zero-order valence-electron chi connectivity index (χ0n) is 10.4. The van der Waals surface area contributed by atoms with Gasteiger partial charge in [-0.05, 0) is 60.8 Å². The molecule has 0 bridgehead atoms. The van der Waals surface area contributed by atoms with Gasteiger partial charge in [-0.1, -0.05) is 6.07 Å². The van der Waals surface area contributed by atoms with Gasteiger partial charge in [-0.3, -0.25) is 0 Å². The number of benzene rings is 1. The van der Waals surface area contributed by atoms with E-state index in [0.717, 1.165) is 12.0 Å². The molecule has 1 unspecified atom stereocenters. The molecule has 0 saturated carbocycles. The van der Waals surface area contributed by atoms with Crippen LogP contribution in [0.25, 0.3) is 0 Å². The van der Waals surface area contributed by atoms with Crippen molar-refractivity contribution in [2.24, 2.45) is 11.7 Å². The summed E-state index contributed by atoms with van der Waals surface area (Å²) in [7, 11) is 0. The van der Waals surface area contributed by atoms with Crippen molar-refractivity contribution in [1.82, 2.24) is 0 Å². The van der Waals surface area contributed by atoms with E-state index in [0.29, 0.717) is 12.3 Å². The minimum absolute atomic E-state index is 0.0444. The van der Waals surface area contributed by atoms with Crippen LogP contribution in [0.4, 0.5) is 8.78 Å². The summed E-state index contributed by atoms with van der Waals surface area (Å²) in [4.78, 5) is 0. The monoisotopic (exact) mass is 271 g/mol. The van der Waals surface area contributed by atoms with Crippen molar-refractivity contribution in [3.05, 3.63) is 35.4 Å². The third-order valence-corrected chi connectivity index (χ3v) is 4.51. The molecule has 1 aromatic carbocycles. The van der Waals surface area contributed by atoms with E-state index in [2.05, 4.69) is 0 Å². The molecule has 1 nitrogen and oxygen atoms in total. The average molecular weight is 271 g/mol. The summed E-state index contributed by atoms with van der Waals surface area (Å²) < 4.78 is 25.9. The number of hydrogen-bond acceptors (Lipinski definition) is 2. The molecule has 0 radical (unpaired) electrons. The van der Waals surface area contributed by atoms with Crippen LogP contribution in [0.3, 0.4) is 0 Å². The zero-order valence-corrected chi connectivity index (χ0v) is 11.2. The molecule has 0 amide bonds. The predicted molar refractivity (Wildman–Crippen MR) is 72.7 cm³/mol. The van der Waals surface area contributed by atoms with Crippen LogP contribution >= 0.6 is 11.8 Å². The number of thioether (sulfide) groups is 1. The quantitative estimate of drug-likeness (QED) is 0.908. The van der Waals surface area contributed by atoms with E-state index >= 15 is 0 Å².